The maximum absolute atomic E-state index is 13.1. The zero-order chi connectivity index (χ0) is 36.1. The molecule has 0 spiro atoms. The SMILES string of the molecule is C#CCCCC(=O)OCC(COC(=O)CCCC#C)(COC(=O)CCCC#C)NC(=O)CCCCCCCCCCC(=O)OC(C)(C)C. The lowest BCUT2D eigenvalue weighted by molar-refractivity contribution is -0.159. The van der Waals surface area contributed by atoms with Crippen LogP contribution in [0.1, 0.15) is 143 Å². The van der Waals surface area contributed by atoms with Crippen LogP contribution >= 0.6 is 0 Å². The molecule has 0 aliphatic heterocycles. The number of carbonyl (C=O) groups is 5. The minimum atomic E-state index is -1.50. The lowest BCUT2D eigenvalue weighted by atomic mass is 10.0. The number of carbonyl (C=O) groups excluding carboxylic acids is 5. The summed E-state index contributed by atoms with van der Waals surface area (Å²) in [6.07, 6.45) is 26.3. The second-order valence-electron chi connectivity index (χ2n) is 12.9. The Morgan fingerprint density at radius 3 is 1.19 bits per heavy atom. The molecule has 268 valence electrons. The molecular weight excluding hydrogens is 614 g/mol. The number of amides is 1. The number of rotatable bonds is 27. The predicted octanol–water partition coefficient (Wildman–Crippen LogP) is 6.12. The fourth-order valence-corrected chi connectivity index (χ4v) is 4.48. The van der Waals surface area contributed by atoms with Crippen LogP contribution in [0.3, 0.4) is 0 Å². The molecule has 0 aromatic heterocycles. The molecule has 0 rings (SSSR count). The number of unbranched alkanes of at least 4 members (excludes halogenated alkanes) is 10. The van der Waals surface area contributed by atoms with Gasteiger partial charge in [-0.05, 0) is 52.9 Å². The first-order valence-corrected chi connectivity index (χ1v) is 17.2. The van der Waals surface area contributed by atoms with Crippen LogP contribution in [0.4, 0.5) is 0 Å². The van der Waals surface area contributed by atoms with E-state index in [0.29, 0.717) is 51.4 Å². The van der Waals surface area contributed by atoms with Crippen molar-refractivity contribution in [1.82, 2.24) is 5.32 Å². The molecule has 0 saturated heterocycles. The van der Waals surface area contributed by atoms with Crippen LogP contribution in [0.15, 0.2) is 0 Å². The Kier molecular flexibility index (Phi) is 24.8. The van der Waals surface area contributed by atoms with Gasteiger partial charge in [-0.1, -0.05) is 38.5 Å². The molecule has 0 aliphatic carbocycles. The number of hydrogen-bond donors (Lipinski definition) is 1. The summed E-state index contributed by atoms with van der Waals surface area (Å²) in [7, 11) is 0. The quantitative estimate of drug-likeness (QED) is 0.0474. The topological polar surface area (TPSA) is 134 Å². The van der Waals surface area contributed by atoms with Crippen molar-refractivity contribution < 1.29 is 42.9 Å². The molecular formula is C38H57NO9. The average molecular weight is 672 g/mol. The van der Waals surface area contributed by atoms with Crippen LogP contribution in [-0.2, 0) is 42.9 Å². The van der Waals surface area contributed by atoms with E-state index in [2.05, 4.69) is 23.1 Å². The van der Waals surface area contributed by atoms with E-state index in [1.165, 1.54) is 0 Å². The molecule has 0 aliphatic rings. The van der Waals surface area contributed by atoms with E-state index in [1.54, 1.807) is 0 Å². The monoisotopic (exact) mass is 671 g/mol. The van der Waals surface area contributed by atoms with Gasteiger partial charge in [0.2, 0.25) is 5.91 Å². The summed E-state index contributed by atoms with van der Waals surface area (Å²) in [5.41, 5.74) is -1.96. The zero-order valence-corrected chi connectivity index (χ0v) is 29.5. The Balaban J connectivity index is 5.14. The summed E-state index contributed by atoms with van der Waals surface area (Å²) >= 11 is 0. The lowest BCUT2D eigenvalue weighted by Gasteiger charge is -2.33. The Labute approximate surface area is 288 Å². The smallest absolute Gasteiger partial charge is 0.306 e. The third-order valence-electron chi connectivity index (χ3n) is 6.99. The first-order valence-electron chi connectivity index (χ1n) is 17.2. The van der Waals surface area contributed by atoms with Crippen molar-refractivity contribution in [3.05, 3.63) is 0 Å². The van der Waals surface area contributed by atoms with Crippen LogP contribution in [0.2, 0.25) is 0 Å². The molecule has 0 heterocycles. The largest absolute Gasteiger partial charge is 0.463 e. The van der Waals surface area contributed by atoms with Gasteiger partial charge in [-0.25, -0.2) is 0 Å². The maximum atomic E-state index is 13.1. The van der Waals surface area contributed by atoms with Crippen molar-refractivity contribution in [3.63, 3.8) is 0 Å². The zero-order valence-electron chi connectivity index (χ0n) is 29.5. The Morgan fingerprint density at radius 2 is 0.833 bits per heavy atom. The van der Waals surface area contributed by atoms with Gasteiger partial charge in [0, 0.05) is 51.4 Å². The maximum Gasteiger partial charge on any atom is 0.306 e. The first-order chi connectivity index (χ1) is 22.9. The predicted molar refractivity (Wildman–Crippen MR) is 184 cm³/mol. The number of hydrogen-bond acceptors (Lipinski definition) is 9. The fraction of sp³-hybridized carbons (Fsp3) is 0.711. The van der Waals surface area contributed by atoms with Crippen molar-refractivity contribution in [1.29, 1.82) is 0 Å². The van der Waals surface area contributed by atoms with Crippen molar-refractivity contribution >= 4 is 29.8 Å². The molecule has 0 atom stereocenters. The van der Waals surface area contributed by atoms with Gasteiger partial charge in [-0.15, -0.1) is 37.0 Å². The van der Waals surface area contributed by atoms with E-state index in [-0.39, 0.29) is 57.4 Å². The van der Waals surface area contributed by atoms with E-state index >= 15 is 0 Å². The van der Waals surface area contributed by atoms with Gasteiger partial charge < -0.3 is 24.3 Å². The molecule has 1 amide bonds. The Hall–Kier alpha value is -3.97. The molecule has 0 unspecified atom stereocenters. The third-order valence-corrected chi connectivity index (χ3v) is 6.99. The molecule has 0 aromatic carbocycles. The Morgan fingerprint density at radius 1 is 0.500 bits per heavy atom. The van der Waals surface area contributed by atoms with Crippen LogP contribution in [-0.4, -0.2) is 60.7 Å². The molecule has 0 aromatic rings. The van der Waals surface area contributed by atoms with Crippen molar-refractivity contribution in [3.8, 4) is 37.0 Å². The summed E-state index contributed by atoms with van der Waals surface area (Å²) in [5.74, 6) is 5.22. The highest BCUT2D eigenvalue weighted by Gasteiger charge is 2.37. The molecule has 10 nitrogen and oxygen atoms in total. The highest BCUT2D eigenvalue weighted by molar-refractivity contribution is 5.77. The van der Waals surface area contributed by atoms with E-state index in [1.807, 2.05) is 20.8 Å². The Bertz CT molecular complexity index is 1010. The number of esters is 4. The average Bonchev–Trinajstić information content (AvgIpc) is 3.02. The van der Waals surface area contributed by atoms with Crippen LogP contribution in [0.25, 0.3) is 0 Å². The summed E-state index contributed by atoms with van der Waals surface area (Å²) < 4.78 is 21.7. The van der Waals surface area contributed by atoms with Gasteiger partial charge in [-0.2, -0.15) is 0 Å². The van der Waals surface area contributed by atoms with Crippen LogP contribution in [0.5, 0.6) is 0 Å². The van der Waals surface area contributed by atoms with E-state index in [0.717, 1.165) is 44.9 Å². The second-order valence-corrected chi connectivity index (χ2v) is 12.9. The van der Waals surface area contributed by atoms with Crippen molar-refractivity contribution in [2.75, 3.05) is 19.8 Å². The van der Waals surface area contributed by atoms with Crippen LogP contribution < -0.4 is 5.32 Å². The lowest BCUT2D eigenvalue weighted by Crippen LogP contribution is -2.59. The minimum absolute atomic E-state index is 0.0652. The highest BCUT2D eigenvalue weighted by Crippen LogP contribution is 2.16. The highest BCUT2D eigenvalue weighted by atomic mass is 16.6. The molecule has 0 radical (unpaired) electrons. The van der Waals surface area contributed by atoms with E-state index in [9.17, 15) is 24.0 Å². The second kappa shape index (κ2) is 27.0. The van der Waals surface area contributed by atoms with E-state index < -0.39 is 29.0 Å². The molecule has 48 heavy (non-hydrogen) atoms. The van der Waals surface area contributed by atoms with Gasteiger partial charge in [-0.3, -0.25) is 24.0 Å². The molecule has 10 heteroatoms. The molecule has 1 N–H and O–H groups in total. The number of nitrogens with one attached hydrogen (secondary N) is 1. The van der Waals surface area contributed by atoms with Gasteiger partial charge >= 0.3 is 23.9 Å². The fourth-order valence-electron chi connectivity index (χ4n) is 4.48. The van der Waals surface area contributed by atoms with Gasteiger partial charge in [0.25, 0.3) is 0 Å². The summed E-state index contributed by atoms with van der Waals surface area (Å²) in [4.78, 5) is 62.3. The third kappa shape index (κ3) is 26.1. The van der Waals surface area contributed by atoms with Gasteiger partial charge in [0.1, 0.15) is 31.0 Å². The standard InChI is InChI=1S/C38H57NO9/c1-7-10-19-25-33(41)45-29-38(30-46-34(42)26-20-11-8-2,31-47-35(43)27-21-12-9-3)39-32(40)24-22-17-15-13-14-16-18-23-28-36(44)48-37(4,5)6/h1-3H,10-31H2,4-6H3,(H,39,40). The molecule has 0 bridgehead atoms. The van der Waals surface area contributed by atoms with Gasteiger partial charge in [0.15, 0.2) is 0 Å². The van der Waals surface area contributed by atoms with Crippen molar-refractivity contribution in [2.45, 2.75) is 154 Å². The number of ether oxygens (including phenoxy) is 4. The first kappa shape index (κ1) is 44.0. The van der Waals surface area contributed by atoms with Crippen molar-refractivity contribution in [2.24, 2.45) is 0 Å². The summed E-state index contributed by atoms with van der Waals surface area (Å²) in [6.45, 7) is 4.44. The molecule has 0 saturated carbocycles. The minimum Gasteiger partial charge on any atom is -0.463 e. The van der Waals surface area contributed by atoms with Crippen LogP contribution in [0, 0.1) is 37.0 Å². The van der Waals surface area contributed by atoms with Gasteiger partial charge in [0.05, 0.1) is 0 Å². The summed E-state index contributed by atoms with van der Waals surface area (Å²) in [5, 5.41) is 2.84. The number of terminal acetylenes is 3. The summed E-state index contributed by atoms with van der Waals surface area (Å²) in [6, 6.07) is 0. The van der Waals surface area contributed by atoms with E-state index in [4.69, 9.17) is 38.2 Å². The normalized spacial score (nSPS) is 10.9. The molecule has 0 fully saturated rings.